The van der Waals surface area contributed by atoms with E-state index in [1.807, 2.05) is 30.3 Å². The van der Waals surface area contributed by atoms with E-state index < -0.39 is 0 Å². The van der Waals surface area contributed by atoms with Gasteiger partial charge in [-0.15, -0.1) is 10.2 Å². The topological polar surface area (TPSA) is 77.7 Å². The molecule has 3 aromatic rings. The number of rotatable bonds is 8. The molecule has 0 unspecified atom stereocenters. The van der Waals surface area contributed by atoms with Crippen molar-refractivity contribution in [3.05, 3.63) is 60.5 Å². The highest BCUT2D eigenvalue weighted by atomic mass is 32.2. The Balaban J connectivity index is 1.48. The summed E-state index contributed by atoms with van der Waals surface area (Å²) in [5, 5.41) is 8.20. The number of carbonyl (C=O) groups is 1. The van der Waals surface area contributed by atoms with E-state index in [4.69, 9.17) is 13.9 Å². The van der Waals surface area contributed by atoms with E-state index in [0.29, 0.717) is 16.9 Å². The summed E-state index contributed by atoms with van der Waals surface area (Å²) in [4.78, 5) is 13.9. The van der Waals surface area contributed by atoms with Crippen molar-refractivity contribution in [3.8, 4) is 11.5 Å². The van der Waals surface area contributed by atoms with Gasteiger partial charge < -0.3 is 18.8 Å². The smallest absolute Gasteiger partial charge is 0.277 e. The molecule has 0 radical (unpaired) electrons. The molecular formula is C19H19N3O4S. The van der Waals surface area contributed by atoms with Crippen LogP contribution < -0.4 is 14.4 Å². The van der Waals surface area contributed by atoms with Gasteiger partial charge in [0.25, 0.3) is 11.1 Å². The quantitative estimate of drug-likeness (QED) is 0.550. The van der Waals surface area contributed by atoms with E-state index in [0.717, 1.165) is 11.4 Å². The standard InChI is InChI=1S/C19H19N3O4S/c1-22(14-6-4-3-5-7-14)18(23)13-27-19-21-20-17(26-19)12-25-16-10-8-15(24-2)9-11-16/h3-11H,12-13H2,1-2H3. The van der Waals surface area contributed by atoms with Crippen molar-refractivity contribution in [1.82, 2.24) is 10.2 Å². The van der Waals surface area contributed by atoms with Gasteiger partial charge in [-0.2, -0.15) is 0 Å². The number of hydrogen-bond donors (Lipinski definition) is 0. The fraction of sp³-hybridized carbons (Fsp3) is 0.211. The van der Waals surface area contributed by atoms with Gasteiger partial charge in [0.05, 0.1) is 12.9 Å². The van der Waals surface area contributed by atoms with Crippen LogP contribution in [0.15, 0.2) is 64.2 Å². The van der Waals surface area contributed by atoms with Gasteiger partial charge in [-0.1, -0.05) is 30.0 Å². The Kier molecular flexibility index (Phi) is 6.32. The van der Waals surface area contributed by atoms with E-state index in [-0.39, 0.29) is 18.3 Å². The molecule has 2 aromatic carbocycles. The maximum Gasteiger partial charge on any atom is 0.277 e. The molecule has 0 saturated heterocycles. The van der Waals surface area contributed by atoms with Gasteiger partial charge in [0.2, 0.25) is 5.91 Å². The average molecular weight is 385 g/mol. The number of amides is 1. The number of carbonyl (C=O) groups excluding carboxylic acids is 1. The molecule has 1 heterocycles. The van der Waals surface area contributed by atoms with Crippen LogP contribution in [0, 0.1) is 0 Å². The number of aromatic nitrogens is 2. The second-order valence-corrected chi connectivity index (χ2v) is 6.43. The number of ether oxygens (including phenoxy) is 2. The number of hydrogen-bond acceptors (Lipinski definition) is 7. The van der Waals surface area contributed by atoms with Crippen LogP contribution in [0.4, 0.5) is 5.69 Å². The molecule has 0 spiro atoms. The summed E-state index contributed by atoms with van der Waals surface area (Å²) in [6.07, 6.45) is 0. The molecule has 0 bridgehead atoms. The number of benzene rings is 2. The van der Waals surface area contributed by atoms with Crippen molar-refractivity contribution >= 4 is 23.4 Å². The van der Waals surface area contributed by atoms with Crippen LogP contribution >= 0.6 is 11.8 Å². The molecule has 1 aromatic heterocycles. The number of methoxy groups -OCH3 is 1. The molecule has 27 heavy (non-hydrogen) atoms. The Morgan fingerprint density at radius 1 is 1.07 bits per heavy atom. The largest absolute Gasteiger partial charge is 0.497 e. The summed E-state index contributed by atoms with van der Waals surface area (Å²) in [5.41, 5.74) is 0.835. The van der Waals surface area contributed by atoms with E-state index >= 15 is 0 Å². The van der Waals surface area contributed by atoms with Gasteiger partial charge in [-0.3, -0.25) is 4.79 Å². The Morgan fingerprint density at radius 3 is 2.48 bits per heavy atom. The number of anilines is 1. The first kappa shape index (κ1) is 18.8. The lowest BCUT2D eigenvalue weighted by Gasteiger charge is -2.16. The van der Waals surface area contributed by atoms with Crippen molar-refractivity contribution < 1.29 is 18.7 Å². The summed E-state index contributed by atoms with van der Waals surface area (Å²) in [6, 6.07) is 16.6. The fourth-order valence-corrected chi connectivity index (χ4v) is 2.88. The number of thioether (sulfide) groups is 1. The minimum absolute atomic E-state index is 0.0552. The minimum Gasteiger partial charge on any atom is -0.497 e. The lowest BCUT2D eigenvalue weighted by atomic mass is 10.3. The molecule has 3 rings (SSSR count). The summed E-state index contributed by atoms with van der Waals surface area (Å²) >= 11 is 1.20. The Morgan fingerprint density at radius 2 is 1.78 bits per heavy atom. The van der Waals surface area contributed by atoms with Gasteiger partial charge in [0.1, 0.15) is 11.5 Å². The maximum absolute atomic E-state index is 12.3. The Bertz CT molecular complexity index is 868. The first-order chi connectivity index (χ1) is 13.2. The molecule has 0 N–H and O–H groups in total. The predicted octanol–water partition coefficient (Wildman–Crippen LogP) is 3.41. The molecule has 0 atom stereocenters. The normalized spacial score (nSPS) is 10.4. The summed E-state index contributed by atoms with van der Waals surface area (Å²) in [5.74, 6) is 1.91. The summed E-state index contributed by atoms with van der Waals surface area (Å²) in [6.45, 7) is 0.151. The minimum atomic E-state index is -0.0552. The highest BCUT2D eigenvalue weighted by Gasteiger charge is 2.14. The van der Waals surface area contributed by atoms with Crippen LogP contribution in [0.1, 0.15) is 5.89 Å². The van der Waals surface area contributed by atoms with Gasteiger partial charge in [-0.25, -0.2) is 0 Å². The molecular weight excluding hydrogens is 366 g/mol. The second kappa shape index (κ2) is 9.09. The number of nitrogens with zero attached hydrogens (tertiary/aromatic N) is 3. The third kappa shape index (κ3) is 5.24. The predicted molar refractivity (Wildman–Crippen MR) is 102 cm³/mol. The number of para-hydroxylation sites is 1. The van der Waals surface area contributed by atoms with Gasteiger partial charge in [-0.05, 0) is 36.4 Å². The molecule has 8 heteroatoms. The van der Waals surface area contributed by atoms with Gasteiger partial charge in [0.15, 0.2) is 6.61 Å². The lowest BCUT2D eigenvalue weighted by molar-refractivity contribution is -0.115. The zero-order valence-electron chi connectivity index (χ0n) is 15.0. The zero-order valence-corrected chi connectivity index (χ0v) is 15.8. The third-order valence-corrected chi connectivity index (χ3v) is 4.51. The van der Waals surface area contributed by atoms with Gasteiger partial charge in [0, 0.05) is 12.7 Å². The first-order valence-corrected chi connectivity index (χ1v) is 9.18. The highest BCUT2D eigenvalue weighted by Crippen LogP contribution is 2.21. The van der Waals surface area contributed by atoms with Crippen molar-refractivity contribution in [2.75, 3.05) is 24.8 Å². The van der Waals surface area contributed by atoms with Crippen LogP contribution in [-0.2, 0) is 11.4 Å². The average Bonchev–Trinajstić information content (AvgIpc) is 3.19. The van der Waals surface area contributed by atoms with E-state index in [1.165, 1.54) is 11.8 Å². The highest BCUT2D eigenvalue weighted by molar-refractivity contribution is 7.99. The van der Waals surface area contributed by atoms with Crippen LogP contribution in [0.25, 0.3) is 0 Å². The van der Waals surface area contributed by atoms with E-state index in [9.17, 15) is 4.79 Å². The fourth-order valence-electron chi connectivity index (χ4n) is 2.19. The molecule has 0 saturated carbocycles. The van der Waals surface area contributed by atoms with Crippen LogP contribution in [0.2, 0.25) is 0 Å². The van der Waals surface area contributed by atoms with Crippen molar-refractivity contribution in [1.29, 1.82) is 0 Å². The Hall–Kier alpha value is -3.00. The van der Waals surface area contributed by atoms with Crippen LogP contribution in [0.5, 0.6) is 11.5 Å². The first-order valence-electron chi connectivity index (χ1n) is 8.19. The van der Waals surface area contributed by atoms with Crippen molar-refractivity contribution in [2.24, 2.45) is 0 Å². The summed E-state index contributed by atoms with van der Waals surface area (Å²) in [7, 11) is 3.34. The molecule has 7 nitrogen and oxygen atoms in total. The summed E-state index contributed by atoms with van der Waals surface area (Å²) < 4.78 is 16.2. The van der Waals surface area contributed by atoms with Crippen LogP contribution in [-0.4, -0.2) is 36.0 Å². The monoisotopic (exact) mass is 385 g/mol. The van der Waals surface area contributed by atoms with Crippen molar-refractivity contribution in [3.63, 3.8) is 0 Å². The molecule has 0 aliphatic rings. The SMILES string of the molecule is COc1ccc(OCc2nnc(SCC(=O)N(C)c3ccccc3)o2)cc1. The third-order valence-electron chi connectivity index (χ3n) is 3.71. The van der Waals surface area contributed by atoms with E-state index in [2.05, 4.69) is 10.2 Å². The molecule has 0 aliphatic carbocycles. The molecule has 140 valence electrons. The second-order valence-electron chi connectivity index (χ2n) is 5.50. The molecule has 0 fully saturated rings. The zero-order chi connectivity index (χ0) is 19.1. The van der Waals surface area contributed by atoms with Crippen molar-refractivity contribution in [2.45, 2.75) is 11.8 Å². The van der Waals surface area contributed by atoms with Gasteiger partial charge >= 0.3 is 0 Å². The molecule has 0 aliphatic heterocycles. The van der Waals surface area contributed by atoms with E-state index in [1.54, 1.807) is 43.3 Å². The Labute approximate surface area is 161 Å². The van der Waals surface area contributed by atoms with Crippen LogP contribution in [0.3, 0.4) is 0 Å². The molecule has 1 amide bonds. The maximum atomic E-state index is 12.3. The lowest BCUT2D eigenvalue weighted by Crippen LogP contribution is -2.27.